The zero-order valence-electron chi connectivity index (χ0n) is 8.34. The first-order chi connectivity index (χ1) is 6.76. The van der Waals surface area contributed by atoms with E-state index in [2.05, 4.69) is 46.5 Å². The van der Waals surface area contributed by atoms with Crippen LogP contribution in [0.25, 0.3) is 0 Å². The molecule has 0 amide bonds. The molecule has 0 bridgehead atoms. The molecule has 0 fully saturated rings. The van der Waals surface area contributed by atoms with Crippen LogP contribution in [0.3, 0.4) is 0 Å². The maximum Gasteiger partial charge on any atom is 0.0406 e. The third-order valence-electron chi connectivity index (χ3n) is 2.17. The minimum Gasteiger partial charge on any atom is -0.299 e. The Morgan fingerprint density at radius 3 is 2.43 bits per heavy atom. The highest BCUT2D eigenvalue weighted by Gasteiger charge is 2.01. The Morgan fingerprint density at radius 2 is 1.93 bits per heavy atom. The van der Waals surface area contributed by atoms with Gasteiger partial charge in [0, 0.05) is 22.5 Å². The molecule has 78 valence electrons. The van der Waals surface area contributed by atoms with Gasteiger partial charge in [-0.1, -0.05) is 53.2 Å². The van der Waals surface area contributed by atoms with Crippen molar-refractivity contribution in [1.82, 2.24) is 4.90 Å². The summed E-state index contributed by atoms with van der Waals surface area (Å²) in [6.45, 7) is 5.48. The van der Waals surface area contributed by atoms with E-state index in [0.29, 0.717) is 0 Å². The number of benzene rings is 1. The molecule has 1 nitrogen and oxygen atoms in total. The Morgan fingerprint density at radius 1 is 1.29 bits per heavy atom. The van der Waals surface area contributed by atoms with Crippen LogP contribution in [0.1, 0.15) is 12.5 Å². The molecule has 0 saturated carbocycles. The number of nitrogens with zero attached hydrogens (tertiary/aromatic N) is 1. The van der Waals surface area contributed by atoms with Crippen LogP contribution in [0.4, 0.5) is 0 Å². The summed E-state index contributed by atoms with van der Waals surface area (Å²) in [5.74, 6) is 0. The van der Waals surface area contributed by atoms with Crippen molar-refractivity contribution in [3.05, 3.63) is 34.9 Å². The van der Waals surface area contributed by atoms with E-state index in [9.17, 15) is 0 Å². The molecule has 1 rings (SSSR count). The number of alkyl halides is 1. The Bertz CT molecular complexity index is 260. The van der Waals surface area contributed by atoms with Crippen LogP contribution >= 0.6 is 34.2 Å². The number of hydrogen-bond donors (Lipinski definition) is 0. The van der Waals surface area contributed by atoms with Crippen molar-refractivity contribution in [3.8, 4) is 0 Å². The summed E-state index contributed by atoms with van der Waals surface area (Å²) in [6, 6.07) is 8.10. The highest BCUT2D eigenvalue weighted by atomic mass is 127. The van der Waals surface area contributed by atoms with E-state index in [1.165, 1.54) is 9.99 Å². The molecule has 0 atom stereocenters. The summed E-state index contributed by atoms with van der Waals surface area (Å²) in [7, 11) is 0. The third kappa shape index (κ3) is 4.15. The maximum atomic E-state index is 5.83. The Balaban J connectivity index is 2.53. The second kappa shape index (κ2) is 6.64. The number of hydrogen-bond acceptors (Lipinski definition) is 1. The second-order valence-corrected chi connectivity index (χ2v) is 4.70. The summed E-state index contributed by atoms with van der Waals surface area (Å²) in [4.78, 5) is 2.43. The smallest absolute Gasteiger partial charge is 0.0406 e. The molecule has 0 heterocycles. The first-order valence-corrected chi connectivity index (χ1v) is 6.69. The molecule has 0 spiro atoms. The molecule has 0 radical (unpaired) electrons. The van der Waals surface area contributed by atoms with E-state index in [-0.39, 0.29) is 0 Å². The molecule has 0 aliphatic heterocycles. The van der Waals surface area contributed by atoms with Crippen LogP contribution < -0.4 is 0 Å². The van der Waals surface area contributed by atoms with Crippen molar-refractivity contribution < 1.29 is 0 Å². The standard InChI is InChI=1S/C11H15ClIN/c1-2-14(8-7-13)9-10-3-5-11(12)6-4-10/h3-6H,2,7-9H2,1H3. The molecule has 1 aromatic carbocycles. The average molecular weight is 324 g/mol. The summed E-state index contributed by atoms with van der Waals surface area (Å²) >= 11 is 8.24. The van der Waals surface area contributed by atoms with E-state index < -0.39 is 0 Å². The van der Waals surface area contributed by atoms with Gasteiger partial charge in [0.2, 0.25) is 0 Å². The summed E-state index contributed by atoms with van der Waals surface area (Å²) in [5.41, 5.74) is 1.33. The van der Waals surface area contributed by atoms with Crippen LogP contribution in [0.5, 0.6) is 0 Å². The Kier molecular flexibility index (Phi) is 5.82. The fraction of sp³-hybridized carbons (Fsp3) is 0.455. The zero-order valence-corrected chi connectivity index (χ0v) is 11.3. The van der Waals surface area contributed by atoms with Crippen molar-refractivity contribution in [3.63, 3.8) is 0 Å². The van der Waals surface area contributed by atoms with Crippen molar-refractivity contribution >= 4 is 34.2 Å². The topological polar surface area (TPSA) is 3.24 Å². The van der Waals surface area contributed by atoms with Crippen LogP contribution in [0, 0.1) is 0 Å². The van der Waals surface area contributed by atoms with Gasteiger partial charge in [0.1, 0.15) is 0 Å². The summed E-state index contributed by atoms with van der Waals surface area (Å²) in [6.07, 6.45) is 0. The van der Waals surface area contributed by atoms with Crippen molar-refractivity contribution in [2.75, 3.05) is 17.5 Å². The van der Waals surface area contributed by atoms with Crippen LogP contribution in [0.2, 0.25) is 5.02 Å². The lowest BCUT2D eigenvalue weighted by Gasteiger charge is -2.18. The number of halogens is 2. The number of rotatable bonds is 5. The van der Waals surface area contributed by atoms with E-state index in [1.807, 2.05) is 12.1 Å². The Hall–Kier alpha value is 0.200. The first kappa shape index (κ1) is 12.3. The largest absolute Gasteiger partial charge is 0.299 e. The molecule has 0 unspecified atom stereocenters. The van der Waals surface area contributed by atoms with Gasteiger partial charge >= 0.3 is 0 Å². The van der Waals surface area contributed by atoms with Gasteiger partial charge < -0.3 is 0 Å². The van der Waals surface area contributed by atoms with Gasteiger partial charge in [-0.05, 0) is 24.2 Å². The monoisotopic (exact) mass is 323 g/mol. The van der Waals surface area contributed by atoms with Gasteiger partial charge in [0.15, 0.2) is 0 Å². The predicted octanol–water partition coefficient (Wildman–Crippen LogP) is 3.60. The third-order valence-corrected chi connectivity index (χ3v) is 2.90. The molecule has 0 aromatic heterocycles. The van der Waals surface area contributed by atoms with Gasteiger partial charge in [-0.25, -0.2) is 0 Å². The normalized spacial score (nSPS) is 10.9. The lowest BCUT2D eigenvalue weighted by molar-refractivity contribution is 0.300. The SMILES string of the molecule is CCN(CCI)Cc1ccc(Cl)cc1. The lowest BCUT2D eigenvalue weighted by Crippen LogP contribution is -2.24. The van der Waals surface area contributed by atoms with E-state index in [4.69, 9.17) is 11.6 Å². The minimum absolute atomic E-state index is 0.811. The molecule has 14 heavy (non-hydrogen) atoms. The lowest BCUT2D eigenvalue weighted by atomic mass is 10.2. The quantitative estimate of drug-likeness (QED) is 0.591. The van der Waals surface area contributed by atoms with Crippen LogP contribution in [0.15, 0.2) is 24.3 Å². The van der Waals surface area contributed by atoms with Gasteiger partial charge in [0.05, 0.1) is 0 Å². The molecule has 3 heteroatoms. The van der Waals surface area contributed by atoms with Crippen molar-refractivity contribution in [2.24, 2.45) is 0 Å². The molecule has 0 N–H and O–H groups in total. The average Bonchev–Trinajstić information content (AvgIpc) is 2.20. The molecular weight excluding hydrogens is 308 g/mol. The van der Waals surface area contributed by atoms with Gasteiger partial charge in [-0.15, -0.1) is 0 Å². The molecule has 0 saturated heterocycles. The van der Waals surface area contributed by atoms with Crippen molar-refractivity contribution in [1.29, 1.82) is 0 Å². The zero-order chi connectivity index (χ0) is 10.4. The van der Waals surface area contributed by atoms with E-state index >= 15 is 0 Å². The molecule has 1 aromatic rings. The maximum absolute atomic E-state index is 5.83. The minimum atomic E-state index is 0.811. The first-order valence-electron chi connectivity index (χ1n) is 4.79. The highest BCUT2D eigenvalue weighted by molar-refractivity contribution is 14.1. The van der Waals surface area contributed by atoms with Crippen molar-refractivity contribution in [2.45, 2.75) is 13.5 Å². The fourth-order valence-corrected chi connectivity index (χ4v) is 2.12. The molecular formula is C11H15ClIN. The van der Waals surface area contributed by atoms with E-state index in [1.54, 1.807) is 0 Å². The summed E-state index contributed by atoms with van der Waals surface area (Å²) < 4.78 is 1.18. The van der Waals surface area contributed by atoms with E-state index in [0.717, 1.165) is 24.7 Å². The molecule has 0 aliphatic carbocycles. The van der Waals surface area contributed by atoms with Gasteiger partial charge in [-0.2, -0.15) is 0 Å². The van der Waals surface area contributed by atoms with Crippen LogP contribution in [-0.2, 0) is 6.54 Å². The predicted molar refractivity (Wildman–Crippen MR) is 71.3 cm³/mol. The second-order valence-electron chi connectivity index (χ2n) is 3.18. The molecule has 0 aliphatic rings. The fourth-order valence-electron chi connectivity index (χ4n) is 1.32. The Labute approximate surface area is 105 Å². The van der Waals surface area contributed by atoms with Gasteiger partial charge in [-0.3, -0.25) is 4.90 Å². The summed E-state index contributed by atoms with van der Waals surface area (Å²) in [5, 5.41) is 0.811. The van der Waals surface area contributed by atoms with Crippen LogP contribution in [-0.4, -0.2) is 22.4 Å². The van der Waals surface area contributed by atoms with Gasteiger partial charge in [0.25, 0.3) is 0 Å². The highest BCUT2D eigenvalue weighted by Crippen LogP contribution is 2.11.